The lowest BCUT2D eigenvalue weighted by molar-refractivity contribution is 0.437. The van der Waals surface area contributed by atoms with E-state index in [1.165, 1.54) is 0 Å². The Kier molecular flexibility index (Phi) is 3.10. The molecule has 0 aliphatic carbocycles. The molecule has 0 aliphatic heterocycles. The first kappa shape index (κ1) is 11.6. The Morgan fingerprint density at radius 1 is 1.18 bits per heavy atom. The van der Waals surface area contributed by atoms with E-state index in [4.69, 9.17) is 22.1 Å². The van der Waals surface area contributed by atoms with E-state index in [0.29, 0.717) is 5.75 Å². The predicted octanol–water partition coefficient (Wildman–Crippen LogP) is 2.52. The van der Waals surface area contributed by atoms with E-state index in [1.54, 1.807) is 0 Å². The Labute approximate surface area is 104 Å². The van der Waals surface area contributed by atoms with Crippen LogP contribution in [0.1, 0.15) is 11.1 Å². The summed E-state index contributed by atoms with van der Waals surface area (Å²) in [5.74, 6) is 0.706. The average Bonchev–Trinajstić information content (AvgIpc) is 2.22. The number of benzene rings is 1. The quantitative estimate of drug-likeness (QED) is 0.887. The molecule has 5 nitrogen and oxygen atoms in total. The third-order valence-electron chi connectivity index (χ3n) is 2.15. The van der Waals surface area contributed by atoms with E-state index in [-0.39, 0.29) is 17.2 Å². The number of rotatable bonds is 2. The van der Waals surface area contributed by atoms with Gasteiger partial charge in [0, 0.05) is 0 Å². The maximum atomic E-state index is 5.67. The second kappa shape index (κ2) is 4.55. The zero-order chi connectivity index (χ0) is 12.4. The van der Waals surface area contributed by atoms with Crippen LogP contribution in [0.15, 0.2) is 18.2 Å². The second-order valence-corrected chi connectivity index (χ2v) is 3.95. The highest BCUT2D eigenvalue weighted by Gasteiger charge is 2.07. The molecule has 0 aliphatic rings. The number of ether oxygens (including phenoxy) is 1. The van der Waals surface area contributed by atoms with Crippen molar-refractivity contribution in [3.05, 3.63) is 34.6 Å². The van der Waals surface area contributed by atoms with Crippen molar-refractivity contribution >= 4 is 17.5 Å². The minimum atomic E-state index is 0.0119. The maximum absolute atomic E-state index is 5.67. The van der Waals surface area contributed by atoms with Gasteiger partial charge in [-0.1, -0.05) is 12.1 Å². The van der Waals surface area contributed by atoms with Crippen LogP contribution in [0.5, 0.6) is 11.8 Å². The molecule has 2 rings (SSSR count). The highest BCUT2D eigenvalue weighted by molar-refractivity contribution is 6.28. The Morgan fingerprint density at radius 2 is 1.94 bits per heavy atom. The second-order valence-electron chi connectivity index (χ2n) is 3.62. The fourth-order valence-electron chi connectivity index (χ4n) is 1.31. The highest BCUT2D eigenvalue weighted by Crippen LogP contribution is 2.24. The van der Waals surface area contributed by atoms with Crippen molar-refractivity contribution in [2.45, 2.75) is 13.8 Å². The summed E-state index contributed by atoms with van der Waals surface area (Å²) >= 11 is 5.67. The summed E-state index contributed by atoms with van der Waals surface area (Å²) < 4.78 is 5.52. The molecule has 0 saturated heterocycles. The number of nitrogens with two attached hydrogens (primary N) is 1. The van der Waals surface area contributed by atoms with Crippen molar-refractivity contribution in [2.75, 3.05) is 5.73 Å². The maximum Gasteiger partial charge on any atom is 0.328 e. The average molecular weight is 251 g/mol. The molecule has 0 unspecified atom stereocenters. The zero-order valence-corrected chi connectivity index (χ0v) is 10.2. The molecule has 1 aromatic carbocycles. The van der Waals surface area contributed by atoms with Crippen LogP contribution >= 0.6 is 11.6 Å². The summed E-state index contributed by atoms with van der Waals surface area (Å²) in [6.45, 7) is 3.90. The van der Waals surface area contributed by atoms with Crippen molar-refractivity contribution in [2.24, 2.45) is 0 Å². The van der Waals surface area contributed by atoms with Crippen LogP contribution in [0.4, 0.5) is 5.95 Å². The zero-order valence-electron chi connectivity index (χ0n) is 9.44. The van der Waals surface area contributed by atoms with Gasteiger partial charge in [-0.25, -0.2) is 0 Å². The first-order valence-electron chi connectivity index (χ1n) is 4.97. The lowest BCUT2D eigenvalue weighted by Gasteiger charge is -2.07. The van der Waals surface area contributed by atoms with Crippen molar-refractivity contribution in [3.8, 4) is 11.8 Å². The van der Waals surface area contributed by atoms with E-state index in [9.17, 15) is 0 Å². The monoisotopic (exact) mass is 250 g/mol. The minimum Gasteiger partial charge on any atom is -0.424 e. The standard InChI is InChI=1S/C11H11ClN4O/c1-6-3-4-7(2)8(5-6)17-11-15-9(12)14-10(13)16-11/h3-5H,1-2H3,(H2,13,14,15,16). The van der Waals surface area contributed by atoms with Crippen LogP contribution in [0.25, 0.3) is 0 Å². The van der Waals surface area contributed by atoms with Gasteiger partial charge in [0.25, 0.3) is 0 Å². The van der Waals surface area contributed by atoms with Gasteiger partial charge in [0.1, 0.15) is 5.75 Å². The van der Waals surface area contributed by atoms with Crippen molar-refractivity contribution in [1.29, 1.82) is 0 Å². The van der Waals surface area contributed by atoms with Gasteiger partial charge in [-0.15, -0.1) is 0 Å². The number of nitrogens with zero attached hydrogens (tertiary/aromatic N) is 3. The van der Waals surface area contributed by atoms with Gasteiger partial charge < -0.3 is 10.5 Å². The lowest BCUT2D eigenvalue weighted by Crippen LogP contribution is -2.01. The number of halogens is 1. The van der Waals surface area contributed by atoms with E-state index in [0.717, 1.165) is 11.1 Å². The third kappa shape index (κ3) is 2.82. The summed E-state index contributed by atoms with van der Waals surface area (Å²) in [4.78, 5) is 11.3. The fourth-order valence-corrected chi connectivity index (χ4v) is 1.47. The summed E-state index contributed by atoms with van der Waals surface area (Å²) in [7, 11) is 0. The van der Waals surface area contributed by atoms with Gasteiger partial charge in [0.2, 0.25) is 11.2 Å². The molecule has 6 heteroatoms. The van der Waals surface area contributed by atoms with Crippen molar-refractivity contribution < 1.29 is 4.74 Å². The lowest BCUT2D eigenvalue weighted by atomic mass is 10.1. The van der Waals surface area contributed by atoms with E-state index in [2.05, 4.69) is 15.0 Å². The third-order valence-corrected chi connectivity index (χ3v) is 2.32. The minimum absolute atomic E-state index is 0.0119. The van der Waals surface area contributed by atoms with Gasteiger partial charge in [-0.3, -0.25) is 0 Å². The summed E-state index contributed by atoms with van der Waals surface area (Å²) in [6.07, 6.45) is 0. The summed E-state index contributed by atoms with van der Waals surface area (Å²) in [6, 6.07) is 5.94. The van der Waals surface area contributed by atoms with Crippen molar-refractivity contribution in [1.82, 2.24) is 15.0 Å². The SMILES string of the molecule is Cc1ccc(C)c(Oc2nc(N)nc(Cl)n2)c1. The molecule has 0 saturated carbocycles. The van der Waals surface area contributed by atoms with Crippen molar-refractivity contribution in [3.63, 3.8) is 0 Å². The van der Waals surface area contributed by atoms with E-state index in [1.807, 2.05) is 32.0 Å². The Hall–Kier alpha value is -1.88. The first-order valence-corrected chi connectivity index (χ1v) is 5.34. The number of hydrogen-bond acceptors (Lipinski definition) is 5. The largest absolute Gasteiger partial charge is 0.424 e. The molecule has 88 valence electrons. The molecule has 0 amide bonds. The topological polar surface area (TPSA) is 73.9 Å². The summed E-state index contributed by atoms with van der Waals surface area (Å²) in [5.41, 5.74) is 7.51. The molecule has 1 heterocycles. The fraction of sp³-hybridized carbons (Fsp3) is 0.182. The predicted molar refractivity (Wildman–Crippen MR) is 65.2 cm³/mol. The molecule has 0 radical (unpaired) electrons. The van der Waals surface area contributed by atoms with Gasteiger partial charge in [-0.2, -0.15) is 15.0 Å². The van der Waals surface area contributed by atoms with Crippen LogP contribution in [-0.2, 0) is 0 Å². The Balaban J connectivity index is 2.34. The molecule has 0 fully saturated rings. The van der Waals surface area contributed by atoms with E-state index >= 15 is 0 Å². The molecule has 2 aromatic rings. The molecule has 0 atom stereocenters. The smallest absolute Gasteiger partial charge is 0.328 e. The van der Waals surface area contributed by atoms with Crippen LogP contribution in [0, 0.1) is 13.8 Å². The first-order chi connectivity index (χ1) is 8.04. The van der Waals surface area contributed by atoms with Gasteiger partial charge in [-0.05, 0) is 42.6 Å². The summed E-state index contributed by atoms with van der Waals surface area (Å²) in [5, 5.41) is 0.0119. The van der Waals surface area contributed by atoms with Gasteiger partial charge >= 0.3 is 6.01 Å². The van der Waals surface area contributed by atoms with Gasteiger partial charge in [0.05, 0.1) is 0 Å². The molecule has 2 N–H and O–H groups in total. The van der Waals surface area contributed by atoms with Crippen LogP contribution in [0.2, 0.25) is 5.28 Å². The van der Waals surface area contributed by atoms with Crippen LogP contribution < -0.4 is 10.5 Å². The molecular weight excluding hydrogens is 240 g/mol. The van der Waals surface area contributed by atoms with Gasteiger partial charge in [0.15, 0.2) is 0 Å². The van der Waals surface area contributed by atoms with E-state index < -0.39 is 0 Å². The molecular formula is C11H11ClN4O. The number of aryl methyl sites for hydroxylation is 2. The Bertz CT molecular complexity index is 539. The Morgan fingerprint density at radius 3 is 2.65 bits per heavy atom. The number of anilines is 1. The van der Waals surface area contributed by atoms with Crippen LogP contribution in [-0.4, -0.2) is 15.0 Å². The molecule has 1 aromatic heterocycles. The highest BCUT2D eigenvalue weighted by atomic mass is 35.5. The molecule has 0 bridgehead atoms. The number of hydrogen-bond donors (Lipinski definition) is 1. The number of nitrogen functional groups attached to an aromatic ring is 1. The molecule has 0 spiro atoms. The normalized spacial score (nSPS) is 10.3. The van der Waals surface area contributed by atoms with Crippen LogP contribution in [0.3, 0.4) is 0 Å². The molecule has 17 heavy (non-hydrogen) atoms. The number of aromatic nitrogens is 3.